The molecule has 0 heterocycles. The van der Waals surface area contributed by atoms with E-state index in [0.717, 1.165) is 16.5 Å². The molecule has 0 fully saturated rings. The first-order valence-corrected chi connectivity index (χ1v) is 7.66. The van der Waals surface area contributed by atoms with Gasteiger partial charge in [0.25, 0.3) is 0 Å². The SMILES string of the molecule is CCC(NC(C)c1cccc(F)c1)c1cccc(Br)c1. The van der Waals surface area contributed by atoms with Crippen LogP contribution in [0.25, 0.3) is 0 Å². The van der Waals surface area contributed by atoms with Gasteiger partial charge < -0.3 is 5.32 Å². The minimum atomic E-state index is -0.188. The van der Waals surface area contributed by atoms with E-state index in [1.54, 1.807) is 12.1 Å². The normalized spacial score (nSPS) is 14.0. The first-order chi connectivity index (χ1) is 9.60. The number of hydrogen-bond donors (Lipinski definition) is 1. The Labute approximate surface area is 128 Å². The van der Waals surface area contributed by atoms with E-state index in [2.05, 4.69) is 47.2 Å². The van der Waals surface area contributed by atoms with Crippen LogP contribution in [-0.4, -0.2) is 0 Å². The molecule has 2 aromatic rings. The van der Waals surface area contributed by atoms with Crippen molar-refractivity contribution in [3.8, 4) is 0 Å². The van der Waals surface area contributed by atoms with Gasteiger partial charge in [-0.15, -0.1) is 0 Å². The molecule has 2 rings (SSSR count). The zero-order valence-electron chi connectivity index (χ0n) is 11.7. The van der Waals surface area contributed by atoms with E-state index < -0.39 is 0 Å². The molecule has 3 heteroatoms. The number of rotatable bonds is 5. The van der Waals surface area contributed by atoms with Gasteiger partial charge in [-0.25, -0.2) is 4.39 Å². The van der Waals surface area contributed by atoms with Crippen LogP contribution < -0.4 is 5.32 Å². The lowest BCUT2D eigenvalue weighted by Gasteiger charge is -2.23. The number of hydrogen-bond acceptors (Lipinski definition) is 1. The van der Waals surface area contributed by atoms with Gasteiger partial charge in [0.15, 0.2) is 0 Å². The Bertz CT molecular complexity index is 570. The van der Waals surface area contributed by atoms with Gasteiger partial charge in [0, 0.05) is 16.6 Å². The van der Waals surface area contributed by atoms with Crippen molar-refractivity contribution >= 4 is 15.9 Å². The Hall–Kier alpha value is -1.19. The van der Waals surface area contributed by atoms with Crippen LogP contribution in [0, 0.1) is 5.82 Å². The van der Waals surface area contributed by atoms with Crippen LogP contribution in [0.1, 0.15) is 43.5 Å². The largest absolute Gasteiger partial charge is 0.303 e. The predicted octanol–water partition coefficient (Wildman–Crippen LogP) is 5.39. The summed E-state index contributed by atoms with van der Waals surface area (Å²) in [5.41, 5.74) is 2.21. The van der Waals surface area contributed by atoms with Crippen LogP contribution in [0.4, 0.5) is 4.39 Å². The van der Waals surface area contributed by atoms with E-state index in [-0.39, 0.29) is 17.9 Å². The molecule has 0 saturated heterocycles. The summed E-state index contributed by atoms with van der Waals surface area (Å²) in [4.78, 5) is 0. The number of benzene rings is 2. The molecule has 20 heavy (non-hydrogen) atoms. The van der Waals surface area contributed by atoms with E-state index in [0.29, 0.717) is 0 Å². The van der Waals surface area contributed by atoms with Gasteiger partial charge in [-0.05, 0) is 48.7 Å². The van der Waals surface area contributed by atoms with Crippen LogP contribution >= 0.6 is 15.9 Å². The summed E-state index contributed by atoms with van der Waals surface area (Å²) in [5, 5.41) is 3.57. The Balaban J connectivity index is 2.14. The predicted molar refractivity (Wildman–Crippen MR) is 85.1 cm³/mol. The summed E-state index contributed by atoms with van der Waals surface area (Å²) in [6.45, 7) is 4.21. The van der Waals surface area contributed by atoms with Crippen molar-refractivity contribution in [3.63, 3.8) is 0 Å². The molecule has 2 atom stereocenters. The molecule has 0 aliphatic rings. The van der Waals surface area contributed by atoms with Crippen LogP contribution in [0.5, 0.6) is 0 Å². The smallest absolute Gasteiger partial charge is 0.123 e. The van der Waals surface area contributed by atoms with Crippen molar-refractivity contribution < 1.29 is 4.39 Å². The highest BCUT2D eigenvalue weighted by atomic mass is 79.9. The zero-order valence-corrected chi connectivity index (χ0v) is 13.3. The molecular weight excluding hydrogens is 317 g/mol. The third kappa shape index (κ3) is 3.90. The highest BCUT2D eigenvalue weighted by molar-refractivity contribution is 9.10. The second-order valence-electron chi connectivity index (χ2n) is 4.96. The van der Waals surface area contributed by atoms with Gasteiger partial charge in [0.05, 0.1) is 0 Å². The fraction of sp³-hybridized carbons (Fsp3) is 0.294. The van der Waals surface area contributed by atoms with Crippen molar-refractivity contribution in [1.82, 2.24) is 5.32 Å². The summed E-state index contributed by atoms with van der Waals surface area (Å²) in [5.74, 6) is -0.188. The van der Waals surface area contributed by atoms with E-state index in [1.165, 1.54) is 11.6 Å². The molecule has 0 amide bonds. The first-order valence-electron chi connectivity index (χ1n) is 6.87. The minimum Gasteiger partial charge on any atom is -0.303 e. The molecule has 0 bridgehead atoms. The fourth-order valence-electron chi connectivity index (χ4n) is 2.35. The highest BCUT2D eigenvalue weighted by Gasteiger charge is 2.14. The third-order valence-electron chi connectivity index (χ3n) is 3.46. The molecule has 0 radical (unpaired) electrons. The van der Waals surface area contributed by atoms with Crippen molar-refractivity contribution in [3.05, 3.63) is 69.9 Å². The van der Waals surface area contributed by atoms with Crippen molar-refractivity contribution in [2.45, 2.75) is 32.4 Å². The summed E-state index contributed by atoms with van der Waals surface area (Å²) in [7, 11) is 0. The molecule has 2 aromatic carbocycles. The molecular formula is C17H19BrFN. The molecule has 1 N–H and O–H groups in total. The number of halogens is 2. The fourth-order valence-corrected chi connectivity index (χ4v) is 2.76. The summed E-state index contributed by atoms with van der Waals surface area (Å²) < 4.78 is 14.4. The lowest BCUT2D eigenvalue weighted by atomic mass is 10.0. The quantitative estimate of drug-likeness (QED) is 0.772. The van der Waals surface area contributed by atoms with Gasteiger partial charge in [-0.3, -0.25) is 0 Å². The van der Waals surface area contributed by atoms with E-state index in [9.17, 15) is 4.39 Å². The first kappa shape index (κ1) is 15.2. The summed E-state index contributed by atoms with van der Waals surface area (Å²) in [6, 6.07) is 15.4. The van der Waals surface area contributed by atoms with E-state index in [4.69, 9.17) is 0 Å². The van der Waals surface area contributed by atoms with Gasteiger partial charge in [0.1, 0.15) is 5.82 Å². The Morgan fingerprint density at radius 1 is 1.10 bits per heavy atom. The van der Waals surface area contributed by atoms with Gasteiger partial charge in [0.2, 0.25) is 0 Å². The van der Waals surface area contributed by atoms with Crippen LogP contribution in [0.2, 0.25) is 0 Å². The van der Waals surface area contributed by atoms with Crippen LogP contribution in [-0.2, 0) is 0 Å². The monoisotopic (exact) mass is 335 g/mol. The minimum absolute atomic E-state index is 0.106. The lowest BCUT2D eigenvalue weighted by molar-refractivity contribution is 0.454. The van der Waals surface area contributed by atoms with Crippen molar-refractivity contribution in [1.29, 1.82) is 0 Å². The van der Waals surface area contributed by atoms with Gasteiger partial charge >= 0.3 is 0 Å². The molecule has 0 aliphatic carbocycles. The van der Waals surface area contributed by atoms with E-state index in [1.807, 2.05) is 18.2 Å². The van der Waals surface area contributed by atoms with Crippen LogP contribution in [0.3, 0.4) is 0 Å². The zero-order chi connectivity index (χ0) is 14.5. The molecule has 1 nitrogen and oxygen atoms in total. The Morgan fingerprint density at radius 3 is 2.45 bits per heavy atom. The summed E-state index contributed by atoms with van der Waals surface area (Å²) >= 11 is 3.50. The standard InChI is InChI=1S/C17H19BrFN/c1-3-17(14-7-4-8-15(18)10-14)20-12(2)13-6-5-9-16(19)11-13/h4-12,17,20H,3H2,1-2H3. The van der Waals surface area contributed by atoms with Crippen molar-refractivity contribution in [2.75, 3.05) is 0 Å². The number of nitrogens with one attached hydrogen (secondary N) is 1. The Morgan fingerprint density at radius 2 is 1.80 bits per heavy atom. The summed E-state index contributed by atoms with van der Waals surface area (Å²) in [6.07, 6.45) is 0.982. The molecule has 0 aromatic heterocycles. The van der Waals surface area contributed by atoms with Crippen molar-refractivity contribution in [2.24, 2.45) is 0 Å². The average molecular weight is 336 g/mol. The lowest BCUT2D eigenvalue weighted by Crippen LogP contribution is -2.24. The maximum absolute atomic E-state index is 13.3. The second kappa shape index (κ2) is 7.00. The van der Waals surface area contributed by atoms with Gasteiger partial charge in [-0.2, -0.15) is 0 Å². The Kier molecular flexibility index (Phi) is 5.32. The maximum atomic E-state index is 13.3. The molecule has 0 aliphatic heterocycles. The average Bonchev–Trinajstić information content (AvgIpc) is 2.44. The highest BCUT2D eigenvalue weighted by Crippen LogP contribution is 2.24. The molecule has 0 spiro atoms. The second-order valence-corrected chi connectivity index (χ2v) is 5.87. The molecule has 106 valence electrons. The van der Waals surface area contributed by atoms with Crippen LogP contribution in [0.15, 0.2) is 53.0 Å². The third-order valence-corrected chi connectivity index (χ3v) is 3.95. The van der Waals surface area contributed by atoms with E-state index >= 15 is 0 Å². The molecule has 0 saturated carbocycles. The maximum Gasteiger partial charge on any atom is 0.123 e. The van der Waals surface area contributed by atoms with Gasteiger partial charge in [-0.1, -0.05) is 47.1 Å². The molecule has 2 unspecified atom stereocenters. The topological polar surface area (TPSA) is 12.0 Å².